The van der Waals surface area contributed by atoms with Crippen LogP contribution in [0.15, 0.2) is 59.0 Å². The van der Waals surface area contributed by atoms with E-state index in [1.54, 1.807) is 0 Å². The third kappa shape index (κ3) is 2.09. The van der Waals surface area contributed by atoms with Crippen LogP contribution in [0.25, 0.3) is 32.7 Å². The molecule has 5 rings (SSSR count). The smallest absolute Gasteiger partial charge is 0.455 e. The van der Waals surface area contributed by atoms with Gasteiger partial charge in [0.2, 0.25) is 0 Å². The van der Waals surface area contributed by atoms with E-state index in [0.29, 0.717) is 0 Å². The maximum atomic E-state index is 6.32. The SMILES string of the molecule is CC1(C)OB(c2cccc3ccc4c5ccccc5oc4c23)OC1(C)C. The Kier molecular flexibility index (Phi) is 3.14. The van der Waals surface area contributed by atoms with Crippen LogP contribution in [0.3, 0.4) is 0 Å². The van der Waals surface area contributed by atoms with E-state index in [2.05, 4.69) is 64.1 Å². The number of hydrogen-bond acceptors (Lipinski definition) is 3. The van der Waals surface area contributed by atoms with Crippen molar-refractivity contribution < 1.29 is 13.7 Å². The lowest BCUT2D eigenvalue weighted by molar-refractivity contribution is 0.00578. The van der Waals surface area contributed by atoms with Gasteiger partial charge in [0.1, 0.15) is 11.2 Å². The van der Waals surface area contributed by atoms with Crippen molar-refractivity contribution in [1.29, 1.82) is 0 Å². The Morgan fingerprint density at radius 1 is 0.731 bits per heavy atom. The van der Waals surface area contributed by atoms with Gasteiger partial charge in [0.05, 0.1) is 11.2 Å². The molecular weight excluding hydrogens is 323 g/mol. The first-order valence-corrected chi connectivity index (χ1v) is 9.06. The topological polar surface area (TPSA) is 31.6 Å². The van der Waals surface area contributed by atoms with Crippen molar-refractivity contribution in [2.75, 3.05) is 0 Å². The first-order chi connectivity index (χ1) is 12.4. The molecule has 0 spiro atoms. The molecule has 0 atom stereocenters. The van der Waals surface area contributed by atoms with Crippen LogP contribution in [0.1, 0.15) is 27.7 Å². The number of benzene rings is 3. The first-order valence-electron chi connectivity index (χ1n) is 9.06. The van der Waals surface area contributed by atoms with E-state index in [9.17, 15) is 0 Å². The van der Waals surface area contributed by atoms with Gasteiger partial charge in [0, 0.05) is 16.2 Å². The van der Waals surface area contributed by atoms with E-state index in [4.69, 9.17) is 13.7 Å². The lowest BCUT2D eigenvalue weighted by atomic mass is 9.76. The summed E-state index contributed by atoms with van der Waals surface area (Å²) in [6.45, 7) is 8.31. The largest absolute Gasteiger partial charge is 0.495 e. The van der Waals surface area contributed by atoms with Crippen molar-refractivity contribution in [2.24, 2.45) is 0 Å². The highest BCUT2D eigenvalue weighted by Gasteiger charge is 2.52. The fourth-order valence-corrected chi connectivity index (χ4v) is 3.75. The summed E-state index contributed by atoms with van der Waals surface area (Å²) in [5, 5.41) is 4.45. The molecule has 0 amide bonds. The van der Waals surface area contributed by atoms with Crippen LogP contribution >= 0.6 is 0 Å². The Morgan fingerprint density at radius 3 is 2.23 bits per heavy atom. The Labute approximate surface area is 153 Å². The van der Waals surface area contributed by atoms with E-state index in [1.165, 1.54) is 0 Å². The van der Waals surface area contributed by atoms with Crippen molar-refractivity contribution >= 4 is 45.3 Å². The highest BCUT2D eigenvalue weighted by molar-refractivity contribution is 6.66. The van der Waals surface area contributed by atoms with E-state index in [1.807, 2.05) is 18.2 Å². The van der Waals surface area contributed by atoms with Gasteiger partial charge in [-0.15, -0.1) is 0 Å². The molecule has 1 fully saturated rings. The van der Waals surface area contributed by atoms with Gasteiger partial charge < -0.3 is 13.7 Å². The molecule has 0 radical (unpaired) electrons. The monoisotopic (exact) mass is 344 g/mol. The molecule has 4 heteroatoms. The highest BCUT2D eigenvalue weighted by Crippen LogP contribution is 2.38. The molecule has 1 aromatic heterocycles. The van der Waals surface area contributed by atoms with Crippen molar-refractivity contribution in [1.82, 2.24) is 0 Å². The Bertz CT molecular complexity index is 1140. The summed E-state index contributed by atoms with van der Waals surface area (Å²) in [5.74, 6) is 0. The molecule has 0 N–H and O–H groups in total. The summed E-state index contributed by atoms with van der Waals surface area (Å²) in [7, 11) is -0.414. The predicted molar refractivity (Wildman–Crippen MR) is 107 cm³/mol. The minimum atomic E-state index is -0.414. The fourth-order valence-electron chi connectivity index (χ4n) is 3.75. The Balaban J connectivity index is 1.81. The molecule has 26 heavy (non-hydrogen) atoms. The molecule has 0 bridgehead atoms. The molecule has 1 aliphatic heterocycles. The van der Waals surface area contributed by atoms with Crippen LogP contribution < -0.4 is 5.46 Å². The lowest BCUT2D eigenvalue weighted by Gasteiger charge is -2.32. The van der Waals surface area contributed by atoms with Crippen LogP contribution in [0.5, 0.6) is 0 Å². The average Bonchev–Trinajstić information content (AvgIpc) is 3.08. The van der Waals surface area contributed by atoms with E-state index in [-0.39, 0.29) is 11.2 Å². The highest BCUT2D eigenvalue weighted by atomic mass is 16.7. The second-order valence-electron chi connectivity index (χ2n) is 8.07. The Morgan fingerprint density at radius 2 is 1.46 bits per heavy atom. The van der Waals surface area contributed by atoms with Crippen molar-refractivity contribution in [3.8, 4) is 0 Å². The summed E-state index contributed by atoms with van der Waals surface area (Å²) >= 11 is 0. The molecule has 3 aromatic carbocycles. The molecule has 1 aliphatic rings. The van der Waals surface area contributed by atoms with Crippen molar-refractivity contribution in [2.45, 2.75) is 38.9 Å². The molecule has 0 unspecified atom stereocenters. The second-order valence-corrected chi connectivity index (χ2v) is 8.07. The third-order valence-corrected chi connectivity index (χ3v) is 5.93. The van der Waals surface area contributed by atoms with Crippen LogP contribution in [0.4, 0.5) is 0 Å². The normalized spacial score (nSPS) is 19.0. The zero-order valence-electron chi connectivity index (χ0n) is 15.5. The number of rotatable bonds is 1. The van der Waals surface area contributed by atoms with E-state index in [0.717, 1.165) is 38.2 Å². The molecule has 1 saturated heterocycles. The van der Waals surface area contributed by atoms with Crippen LogP contribution in [0.2, 0.25) is 0 Å². The van der Waals surface area contributed by atoms with Gasteiger partial charge in [-0.2, -0.15) is 0 Å². The number of hydrogen-bond donors (Lipinski definition) is 0. The van der Waals surface area contributed by atoms with Gasteiger partial charge in [0.25, 0.3) is 0 Å². The Hall–Kier alpha value is -2.30. The maximum Gasteiger partial charge on any atom is 0.495 e. The van der Waals surface area contributed by atoms with Crippen LogP contribution in [-0.4, -0.2) is 18.3 Å². The van der Waals surface area contributed by atoms with Crippen molar-refractivity contribution in [3.05, 3.63) is 54.6 Å². The van der Waals surface area contributed by atoms with E-state index < -0.39 is 7.12 Å². The minimum absolute atomic E-state index is 0.373. The number of para-hydroxylation sites is 1. The van der Waals surface area contributed by atoms with Gasteiger partial charge in [0.15, 0.2) is 0 Å². The van der Waals surface area contributed by atoms with Gasteiger partial charge in [-0.3, -0.25) is 0 Å². The van der Waals surface area contributed by atoms with Gasteiger partial charge >= 0.3 is 7.12 Å². The third-order valence-electron chi connectivity index (χ3n) is 5.93. The first kappa shape index (κ1) is 15.9. The quantitative estimate of drug-likeness (QED) is 0.454. The molecule has 0 saturated carbocycles. The number of furan rings is 1. The molecule has 3 nitrogen and oxygen atoms in total. The average molecular weight is 344 g/mol. The van der Waals surface area contributed by atoms with Gasteiger partial charge in [-0.25, -0.2) is 0 Å². The summed E-state index contributed by atoms with van der Waals surface area (Å²) < 4.78 is 18.9. The summed E-state index contributed by atoms with van der Waals surface area (Å²) in [4.78, 5) is 0. The summed E-state index contributed by atoms with van der Waals surface area (Å²) in [5.41, 5.74) is 2.07. The maximum absolute atomic E-state index is 6.32. The second kappa shape index (κ2) is 5.12. The van der Waals surface area contributed by atoms with Crippen LogP contribution in [-0.2, 0) is 9.31 Å². The summed E-state index contributed by atoms with van der Waals surface area (Å²) in [6.07, 6.45) is 0. The molecule has 0 aliphatic carbocycles. The minimum Gasteiger partial charge on any atom is -0.455 e. The fraction of sp³-hybridized carbons (Fsp3) is 0.273. The molecular formula is C22H21BO3. The zero-order chi connectivity index (χ0) is 18.1. The molecule has 2 heterocycles. The van der Waals surface area contributed by atoms with Crippen LogP contribution in [0, 0.1) is 0 Å². The van der Waals surface area contributed by atoms with E-state index >= 15 is 0 Å². The molecule has 4 aromatic rings. The van der Waals surface area contributed by atoms with Gasteiger partial charge in [-0.05, 0) is 50.7 Å². The number of fused-ring (bicyclic) bond motifs is 5. The molecule has 130 valence electrons. The van der Waals surface area contributed by atoms with Crippen molar-refractivity contribution in [3.63, 3.8) is 0 Å². The standard InChI is InChI=1S/C22H21BO3/c1-21(2)22(3,4)26-23(25-21)17-10-7-8-14-12-13-16-15-9-5-6-11-18(15)24-20(16)19(14)17/h5-13H,1-4H3. The zero-order valence-corrected chi connectivity index (χ0v) is 15.5. The predicted octanol–water partition coefficient (Wildman–Crippen LogP) is 5.04. The summed E-state index contributed by atoms with van der Waals surface area (Å²) in [6, 6.07) is 18.7. The lowest BCUT2D eigenvalue weighted by Crippen LogP contribution is -2.41. The van der Waals surface area contributed by atoms with Gasteiger partial charge in [-0.1, -0.05) is 42.5 Å².